The van der Waals surface area contributed by atoms with Gasteiger partial charge in [-0.25, -0.2) is 0 Å². The van der Waals surface area contributed by atoms with Crippen molar-refractivity contribution in [2.45, 2.75) is 4.90 Å². The quantitative estimate of drug-likeness (QED) is 0.674. The van der Waals surface area contributed by atoms with E-state index in [1.165, 1.54) is 0 Å². The number of quaternary nitrogens is 1. The van der Waals surface area contributed by atoms with Gasteiger partial charge in [0.25, 0.3) is 5.91 Å². The number of benzene rings is 1. The molecule has 3 fully saturated rings. The molecule has 3 saturated heterocycles. The van der Waals surface area contributed by atoms with Gasteiger partial charge >= 0.3 is 0 Å². The Bertz CT molecular complexity index is 484. The molecule has 4 rings (SSSR count). The Morgan fingerprint density at radius 3 is 2.55 bits per heavy atom. The molecule has 0 aliphatic carbocycles. The molecule has 2 bridgehead atoms. The molecule has 0 unspecified atom stereocenters. The van der Waals surface area contributed by atoms with Gasteiger partial charge in [-0.05, 0) is 18.4 Å². The van der Waals surface area contributed by atoms with Crippen LogP contribution >= 0.6 is 11.8 Å². The van der Waals surface area contributed by atoms with Gasteiger partial charge in [0.2, 0.25) is 0 Å². The van der Waals surface area contributed by atoms with Crippen molar-refractivity contribution in [1.29, 1.82) is 0 Å². The number of rotatable bonds is 4. The Morgan fingerprint density at radius 2 is 1.90 bits per heavy atom. The predicted molar refractivity (Wildman–Crippen MR) is 83.0 cm³/mol. The van der Waals surface area contributed by atoms with Crippen LogP contribution in [0.2, 0.25) is 0 Å². The third-order valence-corrected chi connectivity index (χ3v) is 5.33. The second-order valence-electron chi connectivity index (χ2n) is 5.76. The van der Waals surface area contributed by atoms with Crippen molar-refractivity contribution >= 4 is 23.4 Å². The van der Waals surface area contributed by atoms with E-state index in [1.807, 2.05) is 30.5 Å². The molecule has 0 spiro atoms. The second-order valence-corrected chi connectivity index (χ2v) is 6.61. The lowest BCUT2D eigenvalue weighted by Gasteiger charge is -2.50. The molecule has 1 amide bonds. The molecule has 0 radical (unpaired) electrons. The van der Waals surface area contributed by atoms with Crippen molar-refractivity contribution in [3.63, 3.8) is 0 Å². The molecule has 20 heavy (non-hydrogen) atoms. The predicted octanol–water partition coefficient (Wildman–Crippen LogP) is 1.49. The maximum absolute atomic E-state index is 12.4. The van der Waals surface area contributed by atoms with Gasteiger partial charge in [0.05, 0.1) is 25.3 Å². The zero-order valence-electron chi connectivity index (χ0n) is 12.0. The van der Waals surface area contributed by atoms with Gasteiger partial charge in [-0.1, -0.05) is 12.1 Å². The number of thioether (sulfide) groups is 1. The fraction of sp³-hybridized carbons (Fsp3) is 0.533. The molecular weight excluding hydrogens is 270 g/mol. The maximum atomic E-state index is 12.4. The average molecular weight is 292 g/mol. The van der Waals surface area contributed by atoms with Crippen molar-refractivity contribution in [3.05, 3.63) is 24.3 Å². The number of piperazine rings is 3. The summed E-state index contributed by atoms with van der Waals surface area (Å²) in [7, 11) is 0. The highest BCUT2D eigenvalue weighted by molar-refractivity contribution is 7.98. The molecule has 108 valence electrons. The number of nitrogens with zero attached hydrogens (tertiary/aromatic N) is 2. The summed E-state index contributed by atoms with van der Waals surface area (Å²) in [5.41, 5.74) is 0.943. The average Bonchev–Trinajstić information content (AvgIpc) is 2.49. The lowest BCUT2D eigenvalue weighted by Crippen LogP contribution is -2.68. The summed E-state index contributed by atoms with van der Waals surface area (Å²) in [4.78, 5) is 16.0. The number of carbonyl (C=O) groups is 1. The van der Waals surface area contributed by atoms with E-state index >= 15 is 0 Å². The van der Waals surface area contributed by atoms with Gasteiger partial charge in [0.1, 0.15) is 0 Å². The number of carbonyl (C=O) groups excluding carboxylic acids is 1. The molecule has 1 aromatic rings. The van der Waals surface area contributed by atoms with Crippen LogP contribution in [0.5, 0.6) is 0 Å². The Kier molecular flexibility index (Phi) is 4.01. The summed E-state index contributed by atoms with van der Waals surface area (Å²) in [5, 5.41) is 3.10. The highest BCUT2D eigenvalue weighted by Gasteiger charge is 2.39. The summed E-state index contributed by atoms with van der Waals surface area (Å²) in [5.74, 6) is 0.154. The van der Waals surface area contributed by atoms with Gasteiger partial charge in [-0.2, -0.15) is 0 Å². The van der Waals surface area contributed by atoms with E-state index in [1.54, 1.807) is 11.8 Å². The molecule has 3 aliphatic rings. The topological polar surface area (TPSA) is 32.3 Å². The maximum Gasteiger partial charge on any atom is 0.279 e. The highest BCUT2D eigenvalue weighted by Crippen LogP contribution is 2.25. The van der Waals surface area contributed by atoms with Crippen molar-refractivity contribution in [2.75, 3.05) is 57.4 Å². The third-order valence-electron chi connectivity index (χ3n) is 4.53. The summed E-state index contributed by atoms with van der Waals surface area (Å²) < 4.78 is 0.976. The first-order valence-corrected chi connectivity index (χ1v) is 8.44. The van der Waals surface area contributed by atoms with Gasteiger partial charge in [-0.3, -0.25) is 9.69 Å². The first-order chi connectivity index (χ1) is 9.71. The minimum absolute atomic E-state index is 0.154. The number of nitrogens with one attached hydrogen (secondary N) is 1. The molecule has 0 saturated carbocycles. The molecule has 0 atom stereocenters. The number of fused-ring (bicyclic) bond motifs is 3. The minimum atomic E-state index is 0.154. The van der Waals surface area contributed by atoms with E-state index in [0.29, 0.717) is 6.54 Å². The van der Waals surface area contributed by atoms with E-state index < -0.39 is 0 Å². The molecule has 5 heteroatoms. The molecule has 1 aromatic carbocycles. The Morgan fingerprint density at radius 1 is 1.25 bits per heavy atom. The van der Waals surface area contributed by atoms with Crippen LogP contribution < -0.4 is 5.32 Å². The summed E-state index contributed by atoms with van der Waals surface area (Å²) in [6.45, 7) is 7.43. The third kappa shape index (κ3) is 2.85. The zero-order chi connectivity index (χ0) is 14.0. The lowest BCUT2D eigenvalue weighted by molar-refractivity contribution is -0.933. The van der Waals surface area contributed by atoms with Gasteiger partial charge < -0.3 is 9.80 Å². The van der Waals surface area contributed by atoms with Crippen LogP contribution in [0.3, 0.4) is 0 Å². The van der Waals surface area contributed by atoms with Crippen molar-refractivity contribution in [1.82, 2.24) is 4.90 Å². The summed E-state index contributed by atoms with van der Waals surface area (Å²) in [6.07, 6.45) is 2.04. The van der Waals surface area contributed by atoms with Crippen LogP contribution in [0.25, 0.3) is 0 Å². The second kappa shape index (κ2) is 5.76. The number of amides is 1. The van der Waals surface area contributed by atoms with Crippen molar-refractivity contribution < 1.29 is 9.28 Å². The van der Waals surface area contributed by atoms with E-state index in [-0.39, 0.29) is 5.91 Å². The van der Waals surface area contributed by atoms with E-state index in [0.717, 1.165) is 54.3 Å². The fourth-order valence-electron chi connectivity index (χ4n) is 3.21. The number of para-hydroxylation sites is 1. The summed E-state index contributed by atoms with van der Waals surface area (Å²) >= 11 is 1.67. The monoisotopic (exact) mass is 292 g/mol. The number of hydrogen-bond acceptors (Lipinski definition) is 3. The van der Waals surface area contributed by atoms with E-state index in [2.05, 4.69) is 10.2 Å². The SMILES string of the molecule is CSc1ccccc1NC(=O)C[N+]12CCN(CC1)CC2. The van der Waals surface area contributed by atoms with E-state index in [4.69, 9.17) is 0 Å². The number of hydrogen-bond donors (Lipinski definition) is 1. The van der Waals surface area contributed by atoms with Crippen molar-refractivity contribution in [3.8, 4) is 0 Å². The van der Waals surface area contributed by atoms with Gasteiger partial charge in [-0.15, -0.1) is 11.8 Å². The standard InChI is InChI=1S/C15H21N3OS/c1-20-14-5-3-2-4-13(14)16-15(19)12-18-9-6-17(7-10-18)8-11-18/h2-5H,6-12H2,1H3/p+1. The molecule has 1 N–H and O–H groups in total. The van der Waals surface area contributed by atoms with Crippen LogP contribution in [0.1, 0.15) is 0 Å². The molecular formula is C15H22N3OS+. The zero-order valence-corrected chi connectivity index (χ0v) is 12.8. The smallest absolute Gasteiger partial charge is 0.279 e. The van der Waals surface area contributed by atoms with Crippen LogP contribution in [0.15, 0.2) is 29.2 Å². The first kappa shape index (κ1) is 13.9. The Hall–Kier alpha value is -1.04. The van der Waals surface area contributed by atoms with E-state index in [9.17, 15) is 4.79 Å². The fourth-order valence-corrected chi connectivity index (χ4v) is 3.76. The van der Waals surface area contributed by atoms with Gasteiger partial charge in [0, 0.05) is 24.5 Å². The van der Waals surface area contributed by atoms with Crippen LogP contribution in [-0.2, 0) is 4.79 Å². The number of anilines is 1. The minimum Gasteiger partial charge on any atom is -0.320 e. The summed E-state index contributed by atoms with van der Waals surface area (Å²) in [6, 6.07) is 8.01. The highest BCUT2D eigenvalue weighted by atomic mass is 32.2. The van der Waals surface area contributed by atoms with Crippen LogP contribution in [0.4, 0.5) is 5.69 Å². The van der Waals surface area contributed by atoms with Crippen molar-refractivity contribution in [2.24, 2.45) is 0 Å². The van der Waals surface area contributed by atoms with Gasteiger partial charge in [0.15, 0.2) is 6.54 Å². The lowest BCUT2D eigenvalue weighted by atomic mass is 10.1. The molecule has 0 aromatic heterocycles. The van der Waals surface area contributed by atoms with Crippen LogP contribution in [0, 0.1) is 0 Å². The normalized spacial score (nSPS) is 28.4. The molecule has 3 aliphatic heterocycles. The Balaban J connectivity index is 1.65. The molecule has 3 heterocycles. The first-order valence-electron chi connectivity index (χ1n) is 7.21. The van der Waals surface area contributed by atoms with Crippen LogP contribution in [-0.4, -0.2) is 67.4 Å². The largest absolute Gasteiger partial charge is 0.320 e. The molecule has 4 nitrogen and oxygen atoms in total. The Labute approximate surface area is 124 Å².